The summed E-state index contributed by atoms with van der Waals surface area (Å²) >= 11 is 0. The van der Waals surface area contributed by atoms with Crippen molar-refractivity contribution in [2.45, 2.75) is 57.9 Å². The minimum absolute atomic E-state index is 0.391. The molecule has 5 heteroatoms. The molecule has 0 bridgehead atoms. The van der Waals surface area contributed by atoms with Gasteiger partial charge in [0.1, 0.15) is 11.1 Å². The Bertz CT molecular complexity index is 661. The first-order valence-corrected chi connectivity index (χ1v) is 8.22. The van der Waals surface area contributed by atoms with E-state index in [0.29, 0.717) is 12.8 Å². The normalized spacial score (nSPS) is 13.9. The second-order valence-electron chi connectivity index (χ2n) is 6.28. The van der Waals surface area contributed by atoms with Crippen LogP contribution in [0.15, 0.2) is 22.6 Å². The first kappa shape index (κ1) is 17.5. The van der Waals surface area contributed by atoms with Crippen LogP contribution in [0.1, 0.15) is 51.0 Å². The average Bonchev–Trinajstić information content (AvgIpc) is 2.94. The topological polar surface area (TPSA) is 78.3 Å². The summed E-state index contributed by atoms with van der Waals surface area (Å²) in [6, 6.07) is 5.94. The highest BCUT2D eigenvalue weighted by Gasteiger charge is 2.28. The smallest absolute Gasteiger partial charge is 0.325 e. The zero-order chi connectivity index (χ0) is 16.9. The van der Waals surface area contributed by atoms with Crippen LogP contribution in [-0.2, 0) is 22.4 Å². The van der Waals surface area contributed by atoms with E-state index in [9.17, 15) is 4.79 Å². The number of esters is 1. The van der Waals surface area contributed by atoms with Crippen molar-refractivity contribution in [2.75, 3.05) is 7.11 Å². The van der Waals surface area contributed by atoms with Gasteiger partial charge in [-0.05, 0) is 43.9 Å². The van der Waals surface area contributed by atoms with Crippen molar-refractivity contribution in [3.05, 3.63) is 29.7 Å². The SMILES string of the molecule is CCCCCc1nc2cc(CCC(C)(N)C(=O)OC)ccc2o1. The molecule has 1 aromatic carbocycles. The van der Waals surface area contributed by atoms with E-state index in [0.717, 1.165) is 35.4 Å². The van der Waals surface area contributed by atoms with Gasteiger partial charge in [-0.1, -0.05) is 25.8 Å². The number of hydrogen-bond acceptors (Lipinski definition) is 5. The lowest BCUT2D eigenvalue weighted by molar-refractivity contribution is -0.146. The van der Waals surface area contributed by atoms with E-state index in [1.807, 2.05) is 18.2 Å². The third-order valence-corrected chi connectivity index (χ3v) is 4.08. The van der Waals surface area contributed by atoms with Gasteiger partial charge in [0.15, 0.2) is 11.5 Å². The summed E-state index contributed by atoms with van der Waals surface area (Å²) in [4.78, 5) is 16.2. The maximum absolute atomic E-state index is 11.6. The van der Waals surface area contributed by atoms with Crippen LogP contribution in [-0.4, -0.2) is 23.6 Å². The molecule has 2 aromatic rings. The second-order valence-corrected chi connectivity index (χ2v) is 6.28. The number of carbonyl (C=O) groups is 1. The molecule has 1 aromatic heterocycles. The maximum atomic E-state index is 11.6. The van der Waals surface area contributed by atoms with Gasteiger partial charge >= 0.3 is 5.97 Å². The molecule has 0 aliphatic carbocycles. The van der Waals surface area contributed by atoms with Crippen LogP contribution in [0.25, 0.3) is 11.1 Å². The van der Waals surface area contributed by atoms with E-state index in [4.69, 9.17) is 14.9 Å². The molecule has 2 rings (SSSR count). The molecule has 1 atom stereocenters. The number of hydrogen-bond donors (Lipinski definition) is 1. The highest BCUT2D eigenvalue weighted by Crippen LogP contribution is 2.21. The molecule has 1 heterocycles. The third-order valence-electron chi connectivity index (χ3n) is 4.08. The van der Waals surface area contributed by atoms with Crippen molar-refractivity contribution in [2.24, 2.45) is 5.73 Å². The summed E-state index contributed by atoms with van der Waals surface area (Å²) in [6.45, 7) is 3.87. The maximum Gasteiger partial charge on any atom is 0.325 e. The van der Waals surface area contributed by atoms with Crippen molar-refractivity contribution in [3.8, 4) is 0 Å². The Labute approximate surface area is 137 Å². The molecule has 2 N–H and O–H groups in total. The molecular formula is C18H26N2O3. The first-order valence-electron chi connectivity index (χ1n) is 8.22. The number of ether oxygens (including phenoxy) is 1. The van der Waals surface area contributed by atoms with Crippen molar-refractivity contribution in [1.29, 1.82) is 0 Å². The minimum Gasteiger partial charge on any atom is -0.468 e. The Hall–Kier alpha value is -1.88. The van der Waals surface area contributed by atoms with Crippen LogP contribution in [0.2, 0.25) is 0 Å². The summed E-state index contributed by atoms with van der Waals surface area (Å²) in [5, 5.41) is 0. The van der Waals surface area contributed by atoms with Crippen molar-refractivity contribution < 1.29 is 13.9 Å². The van der Waals surface area contributed by atoms with E-state index in [1.165, 1.54) is 20.0 Å². The van der Waals surface area contributed by atoms with E-state index in [1.54, 1.807) is 6.92 Å². The number of nitrogens with zero attached hydrogens (tertiary/aromatic N) is 1. The van der Waals surface area contributed by atoms with Gasteiger partial charge < -0.3 is 14.9 Å². The van der Waals surface area contributed by atoms with Crippen LogP contribution in [0, 0.1) is 0 Å². The fourth-order valence-corrected chi connectivity index (χ4v) is 2.55. The summed E-state index contributed by atoms with van der Waals surface area (Å²) in [5.74, 6) is 0.405. The Kier molecular flexibility index (Phi) is 5.77. The van der Waals surface area contributed by atoms with Crippen LogP contribution in [0.4, 0.5) is 0 Å². The highest BCUT2D eigenvalue weighted by atomic mass is 16.5. The van der Waals surface area contributed by atoms with Crippen molar-refractivity contribution in [1.82, 2.24) is 4.98 Å². The molecule has 0 amide bonds. The molecule has 5 nitrogen and oxygen atoms in total. The van der Waals surface area contributed by atoms with Crippen molar-refractivity contribution >= 4 is 17.1 Å². The summed E-state index contributed by atoms with van der Waals surface area (Å²) in [6.07, 6.45) is 5.55. The lowest BCUT2D eigenvalue weighted by Gasteiger charge is -2.21. The number of carbonyl (C=O) groups excluding carboxylic acids is 1. The van der Waals surface area contributed by atoms with E-state index < -0.39 is 11.5 Å². The van der Waals surface area contributed by atoms with E-state index >= 15 is 0 Å². The second kappa shape index (κ2) is 7.59. The van der Waals surface area contributed by atoms with E-state index in [2.05, 4.69) is 11.9 Å². The number of rotatable bonds is 8. The number of oxazole rings is 1. The average molecular weight is 318 g/mol. The fourth-order valence-electron chi connectivity index (χ4n) is 2.55. The summed E-state index contributed by atoms with van der Waals surface area (Å²) < 4.78 is 10.5. The number of aryl methyl sites for hydroxylation is 2. The molecule has 0 spiro atoms. The van der Waals surface area contributed by atoms with Gasteiger partial charge in [-0.2, -0.15) is 0 Å². The number of unbranched alkanes of at least 4 members (excludes halogenated alkanes) is 2. The van der Waals surface area contributed by atoms with E-state index in [-0.39, 0.29) is 0 Å². The third kappa shape index (κ3) is 4.55. The molecule has 0 aliphatic heterocycles. The highest BCUT2D eigenvalue weighted by molar-refractivity contribution is 5.80. The predicted octanol–water partition coefficient (Wildman–Crippen LogP) is 3.38. The zero-order valence-electron chi connectivity index (χ0n) is 14.2. The monoisotopic (exact) mass is 318 g/mol. The number of aromatic nitrogens is 1. The Morgan fingerprint density at radius 1 is 1.35 bits per heavy atom. The zero-order valence-corrected chi connectivity index (χ0v) is 14.2. The van der Waals surface area contributed by atoms with Gasteiger partial charge in [-0.25, -0.2) is 4.98 Å². The van der Waals surface area contributed by atoms with Gasteiger partial charge in [0.05, 0.1) is 7.11 Å². The Balaban J connectivity index is 2.03. The van der Waals surface area contributed by atoms with Gasteiger partial charge in [-0.15, -0.1) is 0 Å². The molecule has 126 valence electrons. The van der Waals surface area contributed by atoms with Gasteiger partial charge in [0.25, 0.3) is 0 Å². The summed E-state index contributed by atoms with van der Waals surface area (Å²) in [7, 11) is 1.36. The molecule has 23 heavy (non-hydrogen) atoms. The molecular weight excluding hydrogens is 292 g/mol. The molecule has 0 aliphatic rings. The molecule has 0 saturated carbocycles. The molecule has 0 saturated heterocycles. The predicted molar refractivity (Wildman–Crippen MR) is 90.2 cm³/mol. The Morgan fingerprint density at radius 2 is 2.13 bits per heavy atom. The minimum atomic E-state index is -0.973. The van der Waals surface area contributed by atoms with Crippen LogP contribution < -0.4 is 5.73 Å². The first-order chi connectivity index (χ1) is 11.0. The summed E-state index contributed by atoms with van der Waals surface area (Å²) in [5.41, 5.74) is 7.79. The van der Waals surface area contributed by atoms with Gasteiger partial charge in [0.2, 0.25) is 0 Å². The lowest BCUT2D eigenvalue weighted by Crippen LogP contribution is -2.46. The molecule has 1 unspecified atom stereocenters. The van der Waals surface area contributed by atoms with Crippen LogP contribution in [0.5, 0.6) is 0 Å². The number of fused-ring (bicyclic) bond motifs is 1. The molecule has 0 fully saturated rings. The number of nitrogens with two attached hydrogens (primary N) is 1. The quantitative estimate of drug-likeness (QED) is 0.596. The number of methoxy groups -OCH3 is 1. The standard InChI is InChI=1S/C18H26N2O3/c1-4-5-6-7-16-20-14-12-13(8-9-15(14)23-16)10-11-18(2,19)17(21)22-3/h8-9,12H,4-7,10-11,19H2,1-3H3. The number of benzene rings is 1. The van der Waals surface area contributed by atoms with Crippen LogP contribution in [0.3, 0.4) is 0 Å². The largest absolute Gasteiger partial charge is 0.468 e. The van der Waals surface area contributed by atoms with Gasteiger partial charge in [0, 0.05) is 6.42 Å². The Morgan fingerprint density at radius 3 is 2.83 bits per heavy atom. The fraction of sp³-hybridized carbons (Fsp3) is 0.556. The lowest BCUT2D eigenvalue weighted by atomic mass is 9.94. The van der Waals surface area contributed by atoms with Crippen molar-refractivity contribution in [3.63, 3.8) is 0 Å². The van der Waals surface area contributed by atoms with Crippen LogP contribution >= 0.6 is 0 Å². The van der Waals surface area contributed by atoms with Gasteiger partial charge in [-0.3, -0.25) is 4.79 Å². The molecule has 0 radical (unpaired) electrons.